The monoisotopic (exact) mass is 814 g/mol. The van der Waals surface area contributed by atoms with Crippen LogP contribution in [0.2, 0.25) is 0 Å². The second-order valence-corrected chi connectivity index (χ2v) is 13.8. The molecule has 2 N–H and O–H groups in total. The third-order valence-corrected chi connectivity index (χ3v) is 10.1. The molecule has 5 heterocycles. The summed E-state index contributed by atoms with van der Waals surface area (Å²) in [5.74, 6) is -0.0847. The Balaban J connectivity index is 0.914. The van der Waals surface area contributed by atoms with Crippen LogP contribution < -0.4 is 30.8 Å². The number of ether oxygens (including phenoxy) is 3. The molecule has 0 amide bonds. The Morgan fingerprint density at radius 3 is 2.48 bits per heavy atom. The number of halogens is 7. The Morgan fingerprint density at radius 2 is 1.76 bits per heavy atom. The second kappa shape index (κ2) is 15.0. The first kappa shape index (κ1) is 38.7. The molecule has 0 radical (unpaired) electrons. The van der Waals surface area contributed by atoms with Gasteiger partial charge in [-0.15, -0.1) is 0 Å². The molecule has 0 aliphatic carbocycles. The van der Waals surface area contributed by atoms with Crippen LogP contribution in [0, 0.1) is 5.82 Å². The summed E-state index contributed by atoms with van der Waals surface area (Å²) in [5, 5.41) is 14.7. The predicted octanol–water partition coefficient (Wildman–Crippen LogP) is 6.07. The molecule has 3 aromatic carbocycles. The summed E-state index contributed by atoms with van der Waals surface area (Å²) in [5.41, 5.74) is -1.28. The van der Waals surface area contributed by atoms with E-state index in [0.29, 0.717) is 34.4 Å². The maximum absolute atomic E-state index is 14.6. The highest BCUT2D eigenvalue weighted by atomic mass is 19.4. The molecule has 0 saturated heterocycles. The van der Waals surface area contributed by atoms with Gasteiger partial charge in [0.2, 0.25) is 0 Å². The van der Waals surface area contributed by atoms with Crippen molar-refractivity contribution in [3.63, 3.8) is 0 Å². The number of benzene rings is 3. The fourth-order valence-corrected chi connectivity index (χ4v) is 7.58. The molecule has 0 spiro atoms. The van der Waals surface area contributed by atoms with E-state index in [1.807, 2.05) is 12.1 Å². The lowest BCUT2D eigenvalue weighted by Gasteiger charge is -2.33. The highest BCUT2D eigenvalue weighted by Gasteiger charge is 2.39. The minimum atomic E-state index is -4.94. The Labute approximate surface area is 322 Å². The van der Waals surface area contributed by atoms with Crippen molar-refractivity contribution in [1.82, 2.24) is 29.5 Å². The van der Waals surface area contributed by atoms with Crippen molar-refractivity contribution in [2.24, 2.45) is 7.05 Å². The second-order valence-electron chi connectivity index (χ2n) is 13.8. The van der Waals surface area contributed by atoms with Gasteiger partial charge in [0.1, 0.15) is 49.2 Å². The quantitative estimate of drug-likeness (QED) is 0.117. The lowest BCUT2D eigenvalue weighted by atomic mass is 9.83. The molecule has 13 nitrogen and oxygen atoms in total. The topological polar surface area (TPSA) is 141 Å². The van der Waals surface area contributed by atoms with Crippen LogP contribution in [0.1, 0.15) is 41.0 Å². The Kier molecular flexibility index (Phi) is 9.98. The number of nitrogens with zero attached hydrogens (tertiary/aromatic N) is 6. The number of aryl methyl sites for hydroxylation is 2. The summed E-state index contributed by atoms with van der Waals surface area (Å²) in [7, 11) is 1.74. The zero-order valence-electron chi connectivity index (χ0n) is 30.5. The third kappa shape index (κ3) is 7.50. The third-order valence-electron chi connectivity index (χ3n) is 10.1. The summed E-state index contributed by atoms with van der Waals surface area (Å²) >= 11 is 0. The number of nitrogens with one attached hydrogen (secondary N) is 2. The van der Waals surface area contributed by atoms with Gasteiger partial charge in [-0.3, -0.25) is 14.3 Å². The maximum Gasteiger partial charge on any atom is 0.417 e. The predicted molar refractivity (Wildman–Crippen MR) is 196 cm³/mol. The van der Waals surface area contributed by atoms with Gasteiger partial charge in [-0.05, 0) is 42.3 Å². The van der Waals surface area contributed by atoms with Crippen LogP contribution in [-0.4, -0.2) is 75.2 Å². The summed E-state index contributed by atoms with van der Waals surface area (Å²) in [4.78, 5) is 30.9. The van der Waals surface area contributed by atoms with E-state index in [9.17, 15) is 40.3 Å². The highest BCUT2D eigenvalue weighted by molar-refractivity contribution is 5.97. The van der Waals surface area contributed by atoms with E-state index in [2.05, 4.69) is 25.6 Å². The zero-order valence-corrected chi connectivity index (χ0v) is 30.5. The molecule has 6 aromatic rings. The van der Waals surface area contributed by atoms with Gasteiger partial charge in [0.15, 0.2) is 0 Å². The molecule has 2 aliphatic rings. The van der Waals surface area contributed by atoms with Crippen molar-refractivity contribution in [2.75, 3.05) is 49.7 Å². The molecule has 0 fully saturated rings. The van der Waals surface area contributed by atoms with E-state index in [-0.39, 0.29) is 68.3 Å². The van der Waals surface area contributed by atoms with Crippen molar-refractivity contribution in [2.45, 2.75) is 37.3 Å². The standard InChI is InChI=1S/C38H33F7N8O5/c1-51-35(46-19-47-51)32-33(48-26-14-21(39)13-24-31(26)34(32)49-50-36(24)55)20-3-5-22(6-4-20)57-12-11-56-9-2-7-53-27-17-29-28(52(8-10-58-29)18-37(40,41)42)15-23(27)25(16-30(53)54)38(43,44)45/h3-6,13-17,19,32-33,48H,2,7-12,18H2,1H3,(H,50,55)/t32-,33-/m1/s1. The van der Waals surface area contributed by atoms with Crippen LogP contribution in [0.5, 0.6) is 11.5 Å². The molecule has 0 unspecified atom stereocenters. The minimum Gasteiger partial charge on any atom is -0.491 e. The van der Waals surface area contributed by atoms with Gasteiger partial charge in [-0.25, -0.2) is 14.5 Å². The van der Waals surface area contributed by atoms with Gasteiger partial charge in [0.05, 0.1) is 53.0 Å². The van der Waals surface area contributed by atoms with Crippen LogP contribution in [0.4, 0.5) is 42.1 Å². The molecule has 58 heavy (non-hydrogen) atoms. The lowest BCUT2D eigenvalue weighted by molar-refractivity contribution is -0.136. The average molecular weight is 815 g/mol. The van der Waals surface area contributed by atoms with E-state index in [4.69, 9.17) is 14.2 Å². The number of aromatic nitrogens is 6. The average Bonchev–Trinajstić information content (AvgIpc) is 3.59. The van der Waals surface area contributed by atoms with E-state index >= 15 is 0 Å². The van der Waals surface area contributed by atoms with Crippen molar-refractivity contribution < 1.29 is 44.9 Å². The summed E-state index contributed by atoms with van der Waals surface area (Å²) in [6.07, 6.45) is -7.91. The molecular weight excluding hydrogens is 781 g/mol. The van der Waals surface area contributed by atoms with E-state index < -0.39 is 58.7 Å². The normalized spacial score (nSPS) is 16.7. The van der Waals surface area contributed by atoms with Crippen molar-refractivity contribution in [3.8, 4) is 11.5 Å². The molecule has 8 rings (SSSR count). The van der Waals surface area contributed by atoms with E-state index in [1.54, 1.807) is 23.9 Å². The Bertz CT molecular complexity index is 2620. The van der Waals surface area contributed by atoms with Crippen LogP contribution >= 0.6 is 0 Å². The first-order chi connectivity index (χ1) is 27.7. The number of alkyl halides is 6. The van der Waals surface area contributed by atoms with Crippen molar-refractivity contribution in [1.29, 1.82) is 0 Å². The molecule has 2 aliphatic heterocycles. The van der Waals surface area contributed by atoms with Crippen LogP contribution in [0.3, 0.4) is 0 Å². The molecule has 0 bridgehead atoms. The summed E-state index contributed by atoms with van der Waals surface area (Å²) < 4.78 is 116. The SMILES string of the molecule is Cn1ncnc1[C@H]1c2n[nH]c(=O)c3cc(F)cc(c23)N[C@@H]1c1ccc(OCCOCCCn2c(=O)cc(C(F)(F)F)c3cc4c(cc32)OCCN4CC(F)(F)F)cc1. The van der Waals surface area contributed by atoms with E-state index in [1.165, 1.54) is 24.5 Å². The van der Waals surface area contributed by atoms with Crippen LogP contribution in [0.15, 0.2) is 70.5 Å². The molecule has 2 atom stereocenters. The Morgan fingerprint density at radius 1 is 0.966 bits per heavy atom. The number of aromatic amines is 1. The number of rotatable bonds is 11. The van der Waals surface area contributed by atoms with Crippen LogP contribution in [0.25, 0.3) is 21.7 Å². The van der Waals surface area contributed by atoms with Crippen LogP contribution in [-0.2, 0) is 24.5 Å². The molecule has 304 valence electrons. The molecule has 3 aromatic heterocycles. The fourth-order valence-electron chi connectivity index (χ4n) is 7.58. The van der Waals surface area contributed by atoms with Gasteiger partial charge in [-0.1, -0.05) is 12.1 Å². The van der Waals surface area contributed by atoms with Gasteiger partial charge < -0.3 is 29.0 Å². The first-order valence-corrected chi connectivity index (χ1v) is 18.0. The smallest absolute Gasteiger partial charge is 0.417 e. The highest BCUT2D eigenvalue weighted by Crippen LogP contribution is 2.46. The largest absolute Gasteiger partial charge is 0.491 e. The summed E-state index contributed by atoms with van der Waals surface area (Å²) in [6, 6.07) is 11.8. The number of fused-ring (bicyclic) bond motifs is 2. The van der Waals surface area contributed by atoms with Gasteiger partial charge >= 0.3 is 12.4 Å². The van der Waals surface area contributed by atoms with Gasteiger partial charge in [-0.2, -0.15) is 36.5 Å². The lowest BCUT2D eigenvalue weighted by Crippen LogP contribution is -2.39. The number of anilines is 2. The van der Waals surface area contributed by atoms with E-state index in [0.717, 1.165) is 21.1 Å². The zero-order chi connectivity index (χ0) is 40.9. The number of hydrogen-bond donors (Lipinski definition) is 2. The van der Waals surface area contributed by atoms with Gasteiger partial charge in [0.25, 0.3) is 11.1 Å². The minimum absolute atomic E-state index is 0.0391. The number of hydrogen-bond acceptors (Lipinski definition) is 10. The van der Waals surface area contributed by atoms with Crippen molar-refractivity contribution >= 4 is 33.1 Å². The number of H-pyrrole nitrogens is 1. The van der Waals surface area contributed by atoms with Gasteiger partial charge in [0, 0.05) is 48.8 Å². The molecule has 0 saturated carbocycles. The maximum atomic E-state index is 14.6. The van der Waals surface area contributed by atoms with Crippen molar-refractivity contribution in [3.05, 3.63) is 110 Å². The fraction of sp³-hybridized carbons (Fsp3) is 0.342. The Hall–Kier alpha value is -6.18. The first-order valence-electron chi connectivity index (χ1n) is 18.0. The summed E-state index contributed by atoms with van der Waals surface area (Å²) in [6.45, 7) is -1.32. The number of pyridine rings is 1. The molecular formula is C38H33F7N8O5. The molecule has 20 heteroatoms.